The molecule has 40 heavy (non-hydrogen) atoms. The minimum atomic E-state index is -4.04. The van der Waals surface area contributed by atoms with Crippen molar-refractivity contribution in [1.82, 2.24) is 9.21 Å². The van der Waals surface area contributed by atoms with Gasteiger partial charge in [0.25, 0.3) is 26.0 Å². The van der Waals surface area contributed by atoms with Gasteiger partial charge < -0.3 is 14.7 Å². The van der Waals surface area contributed by atoms with Gasteiger partial charge in [-0.25, -0.2) is 16.8 Å². The number of ether oxygens (including phenoxy) is 1. The number of nitrogens with one attached hydrogen (secondary N) is 1. The number of benzene rings is 2. The number of carbonyl (C=O) groups is 1. The van der Waals surface area contributed by atoms with Crippen LogP contribution >= 0.6 is 11.3 Å². The molecule has 0 saturated carbocycles. The van der Waals surface area contributed by atoms with E-state index in [1.165, 1.54) is 46.6 Å². The minimum absolute atomic E-state index is 0.00296. The van der Waals surface area contributed by atoms with Gasteiger partial charge in [0.1, 0.15) is 10.3 Å². The van der Waals surface area contributed by atoms with Crippen LogP contribution in [0.25, 0.3) is 0 Å². The number of likely N-dealkylation sites (N-methyl/N-ethyl adjacent to an activating group) is 1. The zero-order chi connectivity index (χ0) is 29.2. The van der Waals surface area contributed by atoms with Crippen molar-refractivity contribution in [2.75, 3.05) is 31.5 Å². The Labute approximate surface area is 239 Å². The number of fused-ring (bicyclic) bond motifs is 1. The van der Waals surface area contributed by atoms with Crippen molar-refractivity contribution < 1.29 is 31.5 Å². The molecule has 1 aromatic heterocycles. The molecule has 10 nitrogen and oxygen atoms in total. The minimum Gasteiger partial charge on any atom is -0.486 e. The normalized spacial score (nSPS) is 18.9. The number of aryl methyl sites for hydroxylation is 1. The van der Waals surface area contributed by atoms with E-state index >= 15 is 0 Å². The molecule has 0 bridgehead atoms. The van der Waals surface area contributed by atoms with Crippen LogP contribution in [0.2, 0.25) is 0 Å². The van der Waals surface area contributed by atoms with E-state index in [0.717, 1.165) is 16.9 Å². The monoisotopic (exact) mass is 607 g/mol. The predicted molar refractivity (Wildman–Crippen MR) is 154 cm³/mol. The standard InChI is InChI=1S/C27H33N3O7S3/c1-18-10-12-21(13-11-18)39(33,34)28-23-8-5-7-22-26(23)37-24(19(2)15-30(27(22)32)20(3)17-31)16-29(4)40(35,36)25-9-6-14-38-25/h5-14,19-20,24,28,31H,15-17H2,1-4H3/t19-,20+,24+/m0/s1. The second-order valence-corrected chi connectivity index (χ2v) is 14.8. The molecule has 2 aromatic carbocycles. The average Bonchev–Trinajstić information content (AvgIpc) is 3.47. The smallest absolute Gasteiger partial charge is 0.262 e. The zero-order valence-electron chi connectivity index (χ0n) is 22.6. The first kappa shape index (κ1) is 30.0. The summed E-state index contributed by atoms with van der Waals surface area (Å²) in [5.74, 6) is -0.816. The number of aliphatic hydroxyl groups excluding tert-OH is 1. The van der Waals surface area contributed by atoms with Gasteiger partial charge in [-0.15, -0.1) is 11.3 Å². The van der Waals surface area contributed by atoms with E-state index in [4.69, 9.17) is 4.74 Å². The van der Waals surface area contributed by atoms with Crippen LogP contribution in [-0.2, 0) is 20.0 Å². The number of hydrogen-bond donors (Lipinski definition) is 2. The molecule has 2 N–H and O–H groups in total. The van der Waals surface area contributed by atoms with E-state index in [1.807, 2.05) is 13.8 Å². The summed E-state index contributed by atoms with van der Waals surface area (Å²) < 4.78 is 63.1. The summed E-state index contributed by atoms with van der Waals surface area (Å²) in [5.41, 5.74) is 1.05. The third kappa shape index (κ3) is 6.18. The Hall–Kier alpha value is -2.97. The number of nitrogens with zero attached hydrogens (tertiary/aromatic N) is 2. The van der Waals surface area contributed by atoms with Crippen molar-refractivity contribution in [3.05, 3.63) is 71.1 Å². The van der Waals surface area contributed by atoms with Crippen LogP contribution in [0.4, 0.5) is 5.69 Å². The van der Waals surface area contributed by atoms with E-state index < -0.39 is 38.1 Å². The number of thiophene rings is 1. The van der Waals surface area contributed by atoms with Crippen molar-refractivity contribution in [2.45, 2.75) is 42.0 Å². The fourth-order valence-corrected chi connectivity index (χ4v) is 7.82. The molecule has 0 aliphatic carbocycles. The average molecular weight is 608 g/mol. The van der Waals surface area contributed by atoms with Crippen molar-refractivity contribution in [2.24, 2.45) is 5.92 Å². The molecule has 4 rings (SSSR count). The van der Waals surface area contributed by atoms with Crippen molar-refractivity contribution in [3.8, 4) is 5.75 Å². The molecule has 3 aromatic rings. The Morgan fingerprint density at radius 2 is 1.82 bits per heavy atom. The molecule has 216 valence electrons. The lowest BCUT2D eigenvalue weighted by Gasteiger charge is -2.38. The van der Waals surface area contributed by atoms with Crippen molar-refractivity contribution in [1.29, 1.82) is 0 Å². The summed E-state index contributed by atoms with van der Waals surface area (Å²) in [4.78, 5) is 15.2. The second-order valence-electron chi connectivity index (χ2n) is 9.94. The Bertz CT molecular complexity index is 1560. The highest BCUT2D eigenvalue weighted by Crippen LogP contribution is 2.36. The number of carbonyl (C=O) groups excluding carboxylic acids is 1. The molecular weight excluding hydrogens is 575 g/mol. The molecule has 3 atom stereocenters. The maximum absolute atomic E-state index is 13.7. The van der Waals surface area contributed by atoms with Crippen LogP contribution in [0, 0.1) is 12.8 Å². The first-order chi connectivity index (χ1) is 18.8. The fraction of sp³-hybridized carbons (Fsp3) is 0.370. The van der Waals surface area contributed by atoms with E-state index in [9.17, 15) is 26.7 Å². The number of anilines is 1. The molecule has 0 unspecified atom stereocenters. The third-order valence-corrected chi connectivity index (χ3v) is 11.4. The lowest BCUT2D eigenvalue weighted by atomic mass is 9.99. The Morgan fingerprint density at radius 1 is 1.12 bits per heavy atom. The Kier molecular flexibility index (Phi) is 8.90. The molecule has 2 heterocycles. The zero-order valence-corrected chi connectivity index (χ0v) is 25.1. The van der Waals surface area contributed by atoms with Gasteiger partial charge in [-0.3, -0.25) is 9.52 Å². The molecule has 0 radical (unpaired) electrons. The summed E-state index contributed by atoms with van der Waals surface area (Å²) >= 11 is 1.10. The van der Waals surface area contributed by atoms with Gasteiger partial charge >= 0.3 is 0 Å². The predicted octanol–water partition coefficient (Wildman–Crippen LogP) is 3.40. The van der Waals surface area contributed by atoms with Gasteiger partial charge in [0, 0.05) is 19.5 Å². The summed E-state index contributed by atoms with van der Waals surface area (Å²) in [6.07, 6.45) is -0.759. The first-order valence-corrected chi connectivity index (χ1v) is 16.5. The molecule has 0 spiro atoms. The summed E-state index contributed by atoms with van der Waals surface area (Å²) in [6.45, 7) is 5.22. The van der Waals surface area contributed by atoms with Crippen LogP contribution < -0.4 is 9.46 Å². The van der Waals surface area contributed by atoms with Crippen molar-refractivity contribution in [3.63, 3.8) is 0 Å². The number of hydrogen-bond acceptors (Lipinski definition) is 8. The maximum atomic E-state index is 13.7. The van der Waals surface area contributed by atoms with Crippen LogP contribution in [0.15, 0.2) is 69.1 Å². The van der Waals surface area contributed by atoms with E-state index in [0.29, 0.717) is 0 Å². The molecule has 0 fully saturated rings. The molecule has 1 aliphatic heterocycles. The first-order valence-electron chi connectivity index (χ1n) is 12.7. The van der Waals surface area contributed by atoms with Crippen LogP contribution in [0.3, 0.4) is 0 Å². The van der Waals surface area contributed by atoms with E-state index in [2.05, 4.69) is 4.72 Å². The van der Waals surface area contributed by atoms with Gasteiger partial charge in [0.2, 0.25) is 0 Å². The SMILES string of the molecule is Cc1ccc(S(=O)(=O)Nc2cccc3c2O[C@H](CN(C)S(=O)(=O)c2cccs2)[C@@H](C)CN([C@H](C)CO)C3=O)cc1. The topological polar surface area (TPSA) is 133 Å². The summed E-state index contributed by atoms with van der Waals surface area (Å²) in [6, 6.07) is 13.5. The highest BCUT2D eigenvalue weighted by molar-refractivity contribution is 7.92. The fourth-order valence-electron chi connectivity index (χ4n) is 4.38. The summed E-state index contributed by atoms with van der Waals surface area (Å²) in [7, 11) is -6.39. The number of amides is 1. The van der Waals surface area contributed by atoms with Gasteiger partial charge in [-0.05, 0) is 49.6 Å². The van der Waals surface area contributed by atoms with Crippen molar-refractivity contribution >= 4 is 43.0 Å². The van der Waals surface area contributed by atoms with Crippen LogP contribution in [-0.4, -0.2) is 75.9 Å². The van der Waals surface area contributed by atoms with Gasteiger partial charge in [-0.2, -0.15) is 4.31 Å². The van der Waals surface area contributed by atoms with E-state index in [-0.39, 0.29) is 51.7 Å². The Balaban J connectivity index is 1.76. The van der Waals surface area contributed by atoms with Crippen LogP contribution in [0.1, 0.15) is 29.8 Å². The van der Waals surface area contributed by atoms with E-state index in [1.54, 1.807) is 36.6 Å². The molecule has 13 heteroatoms. The van der Waals surface area contributed by atoms with Gasteiger partial charge in [0.15, 0.2) is 5.75 Å². The number of rotatable bonds is 9. The molecular formula is C27H33N3O7S3. The molecule has 1 aliphatic rings. The Morgan fingerprint density at radius 3 is 2.45 bits per heavy atom. The quantitative estimate of drug-likeness (QED) is 0.381. The number of aliphatic hydroxyl groups is 1. The third-order valence-electron chi connectivity index (χ3n) is 6.86. The second kappa shape index (κ2) is 11.9. The maximum Gasteiger partial charge on any atom is 0.262 e. The van der Waals surface area contributed by atoms with Gasteiger partial charge in [0.05, 0.1) is 35.3 Å². The highest BCUT2D eigenvalue weighted by Gasteiger charge is 2.36. The summed E-state index contributed by atoms with van der Waals surface area (Å²) in [5, 5.41) is 11.6. The lowest BCUT2D eigenvalue weighted by molar-refractivity contribution is 0.0389. The molecule has 0 saturated heterocycles. The number of para-hydroxylation sites is 1. The largest absolute Gasteiger partial charge is 0.486 e. The van der Waals surface area contributed by atoms with Gasteiger partial charge in [-0.1, -0.05) is 36.8 Å². The lowest BCUT2D eigenvalue weighted by Crippen LogP contribution is -2.50. The van der Waals surface area contributed by atoms with Crippen LogP contribution in [0.5, 0.6) is 5.75 Å². The molecule has 1 amide bonds. The number of sulfonamides is 2. The highest BCUT2D eigenvalue weighted by atomic mass is 32.2.